The normalized spacial score (nSPS) is 12.0. The van der Waals surface area contributed by atoms with Crippen LogP contribution in [0.25, 0.3) is 10.2 Å². The van der Waals surface area contributed by atoms with E-state index < -0.39 is 0 Å². The van der Waals surface area contributed by atoms with Gasteiger partial charge in [-0.1, -0.05) is 24.3 Å². The molecule has 1 amide bonds. The molecular weight excluding hydrogens is 388 g/mol. The van der Waals surface area contributed by atoms with E-state index in [9.17, 15) is 9.59 Å². The van der Waals surface area contributed by atoms with E-state index in [1.807, 2.05) is 19.9 Å². The number of carbonyl (C=O) groups excluding carboxylic acids is 2. The van der Waals surface area contributed by atoms with Gasteiger partial charge in [-0.05, 0) is 63.6 Å². The molecule has 2 aromatic carbocycles. The molecule has 1 aromatic heterocycles. The van der Waals surface area contributed by atoms with Crippen molar-refractivity contribution in [1.82, 2.24) is 4.98 Å². The molecule has 0 bridgehead atoms. The zero-order chi connectivity index (χ0) is 21.0. The van der Waals surface area contributed by atoms with Gasteiger partial charge < -0.3 is 9.47 Å². The number of nitrogens with one attached hydrogen (secondary N) is 1. The molecule has 29 heavy (non-hydrogen) atoms. The minimum Gasteiger partial charge on any atom is -0.491 e. The molecule has 0 radical (unpaired) electrons. The lowest BCUT2D eigenvalue weighted by Gasteiger charge is -2.13. The second kappa shape index (κ2) is 9.05. The maximum Gasteiger partial charge on any atom is 0.338 e. The first-order chi connectivity index (χ1) is 13.9. The van der Waals surface area contributed by atoms with Gasteiger partial charge in [-0.15, -0.1) is 0 Å². The predicted octanol–water partition coefficient (Wildman–Crippen LogP) is 5.29. The van der Waals surface area contributed by atoms with Crippen molar-refractivity contribution in [1.29, 1.82) is 0 Å². The van der Waals surface area contributed by atoms with Gasteiger partial charge in [0.05, 0.1) is 28.0 Å². The first kappa shape index (κ1) is 20.8. The average molecular weight is 413 g/mol. The number of fused-ring (bicyclic) bond motifs is 1. The molecule has 0 aliphatic rings. The second-order valence-corrected chi connectivity index (χ2v) is 8.00. The van der Waals surface area contributed by atoms with E-state index in [0.717, 1.165) is 11.1 Å². The smallest absolute Gasteiger partial charge is 0.338 e. The van der Waals surface area contributed by atoms with Gasteiger partial charge in [0.2, 0.25) is 0 Å². The van der Waals surface area contributed by atoms with E-state index >= 15 is 0 Å². The monoisotopic (exact) mass is 412 g/mol. The van der Waals surface area contributed by atoms with Gasteiger partial charge in [-0.3, -0.25) is 10.1 Å². The highest BCUT2D eigenvalue weighted by Crippen LogP contribution is 2.28. The molecule has 152 valence electrons. The summed E-state index contributed by atoms with van der Waals surface area (Å²) in [5.41, 5.74) is 1.66. The topological polar surface area (TPSA) is 77.5 Å². The highest BCUT2D eigenvalue weighted by molar-refractivity contribution is 7.22. The second-order valence-electron chi connectivity index (χ2n) is 6.97. The minimum atomic E-state index is -0.376. The van der Waals surface area contributed by atoms with Crippen LogP contribution in [0.5, 0.6) is 5.75 Å². The van der Waals surface area contributed by atoms with Crippen LogP contribution in [0, 0.1) is 0 Å². The molecule has 0 saturated heterocycles. The van der Waals surface area contributed by atoms with Gasteiger partial charge in [-0.2, -0.15) is 0 Å². The van der Waals surface area contributed by atoms with Crippen molar-refractivity contribution in [2.45, 2.75) is 46.3 Å². The van der Waals surface area contributed by atoms with Gasteiger partial charge in [0.15, 0.2) is 5.13 Å². The Bertz CT molecular complexity index is 1030. The molecule has 3 rings (SSSR count). The van der Waals surface area contributed by atoms with Crippen LogP contribution in [-0.2, 0) is 4.74 Å². The number of rotatable bonds is 7. The molecule has 6 nitrogen and oxygen atoms in total. The number of hydrogen-bond acceptors (Lipinski definition) is 6. The van der Waals surface area contributed by atoms with Crippen LogP contribution in [-0.4, -0.2) is 29.1 Å². The fourth-order valence-corrected chi connectivity index (χ4v) is 3.48. The number of hydrogen-bond donors (Lipinski definition) is 1. The summed E-state index contributed by atoms with van der Waals surface area (Å²) in [6.07, 6.45) is 0.776. The molecule has 0 saturated carbocycles. The highest BCUT2D eigenvalue weighted by atomic mass is 32.1. The number of aromatic nitrogens is 1. The third-order valence-corrected chi connectivity index (χ3v) is 5.13. The SMILES string of the molecule is CC[C@H](C)Oc1cccc(C(=O)Nc2nc3ccc(C(=O)OC(C)C)cc3s2)c1. The van der Waals surface area contributed by atoms with Crippen molar-refractivity contribution in [3.63, 3.8) is 0 Å². The van der Waals surface area contributed by atoms with Crippen molar-refractivity contribution >= 4 is 38.6 Å². The Morgan fingerprint density at radius 3 is 2.62 bits per heavy atom. The molecule has 0 spiro atoms. The number of carbonyl (C=O) groups is 2. The van der Waals surface area contributed by atoms with E-state index in [2.05, 4.69) is 10.3 Å². The number of amides is 1. The molecule has 7 heteroatoms. The van der Waals surface area contributed by atoms with Gasteiger partial charge in [0, 0.05) is 5.56 Å². The molecule has 1 heterocycles. The van der Waals surface area contributed by atoms with Crippen molar-refractivity contribution < 1.29 is 19.1 Å². The number of nitrogens with zero attached hydrogens (tertiary/aromatic N) is 1. The van der Waals surface area contributed by atoms with Crippen LogP contribution in [0.1, 0.15) is 54.8 Å². The van der Waals surface area contributed by atoms with Gasteiger partial charge in [0.1, 0.15) is 5.75 Å². The van der Waals surface area contributed by atoms with Crippen molar-refractivity contribution in [3.05, 3.63) is 53.6 Å². The Labute approximate surface area is 173 Å². The zero-order valence-corrected chi connectivity index (χ0v) is 17.7. The van der Waals surface area contributed by atoms with Crippen LogP contribution < -0.4 is 10.1 Å². The van der Waals surface area contributed by atoms with Crippen molar-refractivity contribution in [2.24, 2.45) is 0 Å². The third kappa shape index (κ3) is 5.32. The Kier molecular flexibility index (Phi) is 6.49. The Morgan fingerprint density at radius 2 is 1.90 bits per heavy atom. The van der Waals surface area contributed by atoms with E-state index in [0.29, 0.717) is 27.5 Å². The summed E-state index contributed by atoms with van der Waals surface area (Å²) in [7, 11) is 0. The fraction of sp³-hybridized carbons (Fsp3) is 0.318. The Balaban J connectivity index is 1.75. The number of ether oxygens (including phenoxy) is 2. The standard InChI is InChI=1S/C22H24N2O4S/c1-5-14(4)28-17-8-6-7-15(11-17)20(25)24-22-23-18-10-9-16(12-19(18)29-22)21(26)27-13(2)3/h6-14H,5H2,1-4H3,(H,23,24,25)/t14-/m0/s1. The molecule has 0 aliphatic carbocycles. The van der Waals surface area contributed by atoms with Crippen molar-refractivity contribution in [3.8, 4) is 5.75 Å². The fourth-order valence-electron chi connectivity index (χ4n) is 2.58. The minimum absolute atomic E-state index is 0.0779. The summed E-state index contributed by atoms with van der Waals surface area (Å²) in [5, 5.41) is 3.29. The molecule has 3 aromatic rings. The van der Waals surface area contributed by atoms with Crippen LogP contribution in [0.3, 0.4) is 0 Å². The maximum atomic E-state index is 12.6. The van der Waals surface area contributed by atoms with Crippen LogP contribution in [0.4, 0.5) is 5.13 Å². The number of benzene rings is 2. The Hall–Kier alpha value is -2.93. The average Bonchev–Trinajstić information content (AvgIpc) is 3.08. The molecule has 1 atom stereocenters. The number of esters is 1. The lowest BCUT2D eigenvalue weighted by atomic mass is 10.2. The highest BCUT2D eigenvalue weighted by Gasteiger charge is 2.14. The summed E-state index contributed by atoms with van der Waals surface area (Å²) in [5.74, 6) is 0.0155. The summed E-state index contributed by atoms with van der Waals surface area (Å²) in [4.78, 5) is 29.1. The zero-order valence-electron chi connectivity index (χ0n) is 16.9. The quantitative estimate of drug-likeness (QED) is 0.534. The lowest BCUT2D eigenvalue weighted by molar-refractivity contribution is 0.0378. The van der Waals surface area contributed by atoms with Crippen LogP contribution >= 0.6 is 11.3 Å². The third-order valence-electron chi connectivity index (χ3n) is 4.20. The van der Waals surface area contributed by atoms with E-state index in [4.69, 9.17) is 9.47 Å². The lowest BCUT2D eigenvalue weighted by Crippen LogP contribution is -2.13. The van der Waals surface area contributed by atoms with E-state index in [1.54, 1.807) is 50.2 Å². The first-order valence-electron chi connectivity index (χ1n) is 9.55. The summed E-state index contributed by atoms with van der Waals surface area (Å²) in [6.45, 7) is 7.64. The molecule has 0 unspecified atom stereocenters. The largest absolute Gasteiger partial charge is 0.491 e. The maximum absolute atomic E-state index is 12.6. The first-order valence-corrected chi connectivity index (χ1v) is 10.4. The van der Waals surface area contributed by atoms with Gasteiger partial charge in [0.25, 0.3) is 5.91 Å². The molecular formula is C22H24N2O4S. The molecule has 0 fully saturated rings. The van der Waals surface area contributed by atoms with Crippen molar-refractivity contribution in [2.75, 3.05) is 5.32 Å². The predicted molar refractivity (Wildman–Crippen MR) is 115 cm³/mol. The van der Waals surface area contributed by atoms with Crippen LogP contribution in [0.2, 0.25) is 0 Å². The van der Waals surface area contributed by atoms with E-state index in [-0.39, 0.29) is 24.1 Å². The summed E-state index contributed by atoms with van der Waals surface area (Å²) in [6, 6.07) is 12.2. The molecule has 1 N–H and O–H groups in total. The summed E-state index contributed by atoms with van der Waals surface area (Å²) < 4.78 is 11.8. The van der Waals surface area contributed by atoms with Gasteiger partial charge in [-0.25, -0.2) is 9.78 Å². The number of thiazole rings is 1. The van der Waals surface area contributed by atoms with E-state index in [1.165, 1.54) is 11.3 Å². The summed E-state index contributed by atoms with van der Waals surface area (Å²) >= 11 is 1.31. The Morgan fingerprint density at radius 1 is 1.10 bits per heavy atom. The molecule has 0 aliphatic heterocycles. The number of anilines is 1. The van der Waals surface area contributed by atoms with Crippen LogP contribution in [0.15, 0.2) is 42.5 Å². The van der Waals surface area contributed by atoms with Gasteiger partial charge >= 0.3 is 5.97 Å².